The first-order chi connectivity index (χ1) is 16.5. The number of hydrogen-bond acceptors (Lipinski definition) is 4. The van der Waals surface area contributed by atoms with E-state index in [4.69, 9.17) is 4.74 Å². The number of hydrogen-bond donors (Lipinski definition) is 2. The van der Waals surface area contributed by atoms with Crippen molar-refractivity contribution in [2.75, 3.05) is 24.7 Å². The van der Waals surface area contributed by atoms with Gasteiger partial charge in [0.1, 0.15) is 5.75 Å². The van der Waals surface area contributed by atoms with Crippen LogP contribution in [-0.2, 0) is 11.3 Å². The van der Waals surface area contributed by atoms with Crippen LogP contribution in [0.4, 0.5) is 5.69 Å². The van der Waals surface area contributed by atoms with Crippen molar-refractivity contribution in [2.45, 2.75) is 18.4 Å². The second-order valence-corrected chi connectivity index (χ2v) is 8.86. The third kappa shape index (κ3) is 5.61. The Morgan fingerprint density at radius 2 is 1.71 bits per heavy atom. The normalized spacial score (nSPS) is 10.8. The molecule has 0 fully saturated rings. The summed E-state index contributed by atoms with van der Waals surface area (Å²) in [5.41, 5.74) is 3.46. The SMILES string of the molecule is COc1ccc(NC(=O)CSc2cn(CCNC(=O)c3ccccc3C)c3ccccc23)cc1. The van der Waals surface area contributed by atoms with Gasteiger partial charge in [-0.2, -0.15) is 0 Å². The molecule has 34 heavy (non-hydrogen) atoms. The minimum atomic E-state index is -0.0718. The summed E-state index contributed by atoms with van der Waals surface area (Å²) in [6, 6.07) is 22.9. The van der Waals surface area contributed by atoms with Crippen molar-refractivity contribution in [3.05, 3.63) is 90.1 Å². The number of aromatic nitrogens is 1. The number of carbonyl (C=O) groups is 2. The summed E-state index contributed by atoms with van der Waals surface area (Å²) >= 11 is 1.50. The molecule has 6 nitrogen and oxygen atoms in total. The molecule has 0 aliphatic carbocycles. The van der Waals surface area contributed by atoms with Crippen LogP contribution in [0.15, 0.2) is 83.9 Å². The van der Waals surface area contributed by atoms with Crippen LogP contribution in [-0.4, -0.2) is 35.8 Å². The lowest BCUT2D eigenvalue weighted by Crippen LogP contribution is -2.27. The number of carbonyl (C=O) groups excluding carboxylic acids is 2. The van der Waals surface area contributed by atoms with E-state index in [1.54, 1.807) is 7.11 Å². The van der Waals surface area contributed by atoms with Crippen molar-refractivity contribution < 1.29 is 14.3 Å². The zero-order valence-corrected chi connectivity index (χ0v) is 20.0. The highest BCUT2D eigenvalue weighted by Gasteiger charge is 2.12. The number of rotatable bonds is 9. The van der Waals surface area contributed by atoms with Gasteiger partial charge >= 0.3 is 0 Å². The van der Waals surface area contributed by atoms with Crippen molar-refractivity contribution >= 4 is 40.2 Å². The number of nitrogens with one attached hydrogen (secondary N) is 2. The summed E-state index contributed by atoms with van der Waals surface area (Å²) in [6.45, 7) is 3.08. The van der Waals surface area contributed by atoms with E-state index in [1.807, 2.05) is 67.6 Å². The Morgan fingerprint density at radius 3 is 2.47 bits per heavy atom. The van der Waals surface area contributed by atoms with Gasteiger partial charge in [0, 0.05) is 46.3 Å². The Morgan fingerprint density at radius 1 is 0.971 bits per heavy atom. The van der Waals surface area contributed by atoms with Crippen LogP contribution in [0, 0.1) is 6.92 Å². The molecule has 1 aromatic heterocycles. The lowest BCUT2D eigenvalue weighted by molar-refractivity contribution is -0.113. The van der Waals surface area contributed by atoms with Gasteiger partial charge in [-0.25, -0.2) is 0 Å². The van der Waals surface area contributed by atoms with Crippen LogP contribution < -0.4 is 15.4 Å². The molecule has 2 amide bonds. The fourth-order valence-electron chi connectivity index (χ4n) is 3.74. The van der Waals surface area contributed by atoms with Crippen molar-refractivity contribution in [2.24, 2.45) is 0 Å². The Bertz CT molecular complexity index is 1300. The molecule has 0 saturated heterocycles. The number of methoxy groups -OCH3 is 1. The third-order valence-electron chi connectivity index (χ3n) is 5.51. The molecule has 4 rings (SSSR count). The maximum absolute atomic E-state index is 12.5. The molecule has 0 unspecified atom stereocenters. The van der Waals surface area contributed by atoms with Crippen molar-refractivity contribution in [1.82, 2.24) is 9.88 Å². The van der Waals surface area contributed by atoms with E-state index in [1.165, 1.54) is 11.8 Å². The van der Waals surface area contributed by atoms with Crippen molar-refractivity contribution in [3.63, 3.8) is 0 Å². The summed E-state index contributed by atoms with van der Waals surface area (Å²) in [5.74, 6) is 0.900. The van der Waals surface area contributed by atoms with Gasteiger partial charge in [0.15, 0.2) is 0 Å². The molecule has 1 heterocycles. The molecule has 0 aliphatic rings. The van der Waals surface area contributed by atoms with Crippen LogP contribution in [0.2, 0.25) is 0 Å². The number of para-hydroxylation sites is 1. The first-order valence-corrected chi connectivity index (χ1v) is 12.0. The number of fused-ring (bicyclic) bond motifs is 1. The topological polar surface area (TPSA) is 72.4 Å². The zero-order valence-electron chi connectivity index (χ0n) is 19.2. The largest absolute Gasteiger partial charge is 0.497 e. The van der Waals surface area contributed by atoms with Gasteiger partial charge in [0.05, 0.1) is 12.9 Å². The lowest BCUT2D eigenvalue weighted by Gasteiger charge is -2.09. The molecule has 7 heteroatoms. The second-order valence-electron chi connectivity index (χ2n) is 7.84. The van der Waals surface area contributed by atoms with Crippen molar-refractivity contribution in [3.8, 4) is 5.75 Å². The van der Waals surface area contributed by atoms with Gasteiger partial charge in [-0.1, -0.05) is 36.4 Å². The zero-order chi connectivity index (χ0) is 23.9. The molecule has 0 saturated carbocycles. The van der Waals surface area contributed by atoms with Crippen LogP contribution in [0.25, 0.3) is 10.9 Å². The minimum Gasteiger partial charge on any atom is -0.497 e. The average molecular weight is 474 g/mol. The van der Waals surface area contributed by atoms with E-state index in [9.17, 15) is 9.59 Å². The molecule has 3 aromatic carbocycles. The smallest absolute Gasteiger partial charge is 0.251 e. The molecule has 2 N–H and O–H groups in total. The quantitative estimate of drug-likeness (QED) is 0.331. The number of benzene rings is 3. The number of nitrogens with zero attached hydrogens (tertiary/aromatic N) is 1. The highest BCUT2D eigenvalue weighted by molar-refractivity contribution is 8.00. The fourth-order valence-corrected chi connectivity index (χ4v) is 4.63. The van der Waals surface area contributed by atoms with E-state index < -0.39 is 0 Å². The molecule has 174 valence electrons. The standard InChI is InChI=1S/C27H27N3O3S/c1-19-7-3-4-8-22(19)27(32)28-15-16-30-17-25(23-9-5-6-10-24(23)30)34-18-26(31)29-20-11-13-21(33-2)14-12-20/h3-14,17H,15-16,18H2,1-2H3,(H,28,32)(H,29,31). The summed E-state index contributed by atoms with van der Waals surface area (Å²) in [5, 5.41) is 7.02. The molecule has 0 spiro atoms. The molecule has 0 bridgehead atoms. The van der Waals surface area contributed by atoms with E-state index in [-0.39, 0.29) is 11.8 Å². The Kier molecular flexibility index (Phi) is 7.54. The number of ether oxygens (including phenoxy) is 1. The summed E-state index contributed by atoms with van der Waals surface area (Å²) in [6.07, 6.45) is 2.05. The van der Waals surface area contributed by atoms with Gasteiger partial charge in [-0.15, -0.1) is 11.8 Å². The lowest BCUT2D eigenvalue weighted by atomic mass is 10.1. The van der Waals surface area contributed by atoms with Crippen LogP contribution in [0.3, 0.4) is 0 Å². The van der Waals surface area contributed by atoms with Crippen LogP contribution in [0.5, 0.6) is 5.75 Å². The highest BCUT2D eigenvalue weighted by Crippen LogP contribution is 2.30. The van der Waals surface area contributed by atoms with Crippen LogP contribution >= 0.6 is 11.8 Å². The molecule has 0 atom stereocenters. The summed E-state index contributed by atoms with van der Waals surface area (Å²) in [7, 11) is 1.61. The van der Waals surface area contributed by atoms with Gasteiger partial charge < -0.3 is 19.9 Å². The maximum Gasteiger partial charge on any atom is 0.251 e. The Labute approximate surface area is 203 Å². The minimum absolute atomic E-state index is 0.0700. The predicted molar refractivity (Wildman–Crippen MR) is 138 cm³/mol. The monoisotopic (exact) mass is 473 g/mol. The number of anilines is 1. The number of amides is 2. The van der Waals surface area contributed by atoms with Crippen LogP contribution in [0.1, 0.15) is 15.9 Å². The number of aryl methyl sites for hydroxylation is 1. The fraction of sp³-hybridized carbons (Fsp3) is 0.185. The van der Waals surface area contributed by atoms with E-state index in [2.05, 4.69) is 33.5 Å². The first kappa shape index (κ1) is 23.4. The molecule has 0 radical (unpaired) electrons. The first-order valence-electron chi connectivity index (χ1n) is 11.0. The molecular weight excluding hydrogens is 446 g/mol. The van der Waals surface area contributed by atoms with Gasteiger partial charge in [0.2, 0.25) is 5.91 Å². The van der Waals surface area contributed by atoms with E-state index in [0.29, 0.717) is 24.4 Å². The summed E-state index contributed by atoms with van der Waals surface area (Å²) < 4.78 is 7.27. The Balaban J connectivity index is 1.37. The van der Waals surface area contributed by atoms with E-state index >= 15 is 0 Å². The number of thioether (sulfide) groups is 1. The molecule has 4 aromatic rings. The van der Waals surface area contributed by atoms with Gasteiger partial charge in [0.25, 0.3) is 5.91 Å². The molecule has 0 aliphatic heterocycles. The van der Waals surface area contributed by atoms with Gasteiger partial charge in [-0.05, 0) is 48.9 Å². The van der Waals surface area contributed by atoms with E-state index in [0.717, 1.165) is 32.8 Å². The predicted octanol–water partition coefficient (Wildman–Crippen LogP) is 5.12. The summed E-state index contributed by atoms with van der Waals surface area (Å²) in [4.78, 5) is 26.0. The second kappa shape index (κ2) is 10.9. The average Bonchev–Trinajstić information content (AvgIpc) is 3.21. The van der Waals surface area contributed by atoms with Crippen molar-refractivity contribution in [1.29, 1.82) is 0 Å². The third-order valence-corrected chi connectivity index (χ3v) is 6.56. The van der Waals surface area contributed by atoms with Gasteiger partial charge in [-0.3, -0.25) is 9.59 Å². The molecular formula is C27H27N3O3S. The highest BCUT2D eigenvalue weighted by atomic mass is 32.2. The maximum atomic E-state index is 12.5. The Hall–Kier alpha value is -3.71.